The SMILES string of the molecule is Fc1cc(C(F)(F)F)c2c(n1)CCCCC2. The molecule has 0 aromatic carbocycles. The van der Waals surface area contributed by atoms with E-state index < -0.39 is 17.7 Å². The van der Waals surface area contributed by atoms with Crippen LogP contribution in [0.2, 0.25) is 0 Å². The summed E-state index contributed by atoms with van der Waals surface area (Å²) in [7, 11) is 0. The zero-order chi connectivity index (χ0) is 11.8. The Kier molecular flexibility index (Phi) is 2.86. The lowest BCUT2D eigenvalue weighted by atomic mass is 10.0. The number of rotatable bonds is 0. The number of aromatic nitrogens is 1. The third kappa shape index (κ3) is 2.18. The lowest BCUT2D eigenvalue weighted by Gasteiger charge is -2.14. The van der Waals surface area contributed by atoms with Crippen molar-refractivity contribution in [3.8, 4) is 0 Å². The van der Waals surface area contributed by atoms with Crippen LogP contribution in [0.1, 0.15) is 36.1 Å². The van der Waals surface area contributed by atoms with Crippen LogP contribution in [-0.2, 0) is 19.0 Å². The van der Waals surface area contributed by atoms with Gasteiger partial charge >= 0.3 is 6.18 Å². The van der Waals surface area contributed by atoms with Crippen molar-refractivity contribution < 1.29 is 17.6 Å². The first-order valence-corrected chi connectivity index (χ1v) is 5.24. The molecule has 1 aliphatic carbocycles. The van der Waals surface area contributed by atoms with E-state index in [-0.39, 0.29) is 11.3 Å². The smallest absolute Gasteiger partial charge is 0.225 e. The van der Waals surface area contributed by atoms with Gasteiger partial charge in [-0.15, -0.1) is 0 Å². The van der Waals surface area contributed by atoms with Crippen LogP contribution in [0.3, 0.4) is 0 Å². The van der Waals surface area contributed by atoms with E-state index in [4.69, 9.17) is 0 Å². The molecule has 0 saturated heterocycles. The van der Waals surface area contributed by atoms with Crippen LogP contribution in [0.15, 0.2) is 6.07 Å². The normalized spacial score (nSPS) is 16.8. The van der Waals surface area contributed by atoms with Crippen LogP contribution in [0.4, 0.5) is 17.6 Å². The number of halogens is 4. The lowest BCUT2D eigenvalue weighted by Crippen LogP contribution is -2.13. The highest BCUT2D eigenvalue weighted by Gasteiger charge is 2.35. The Balaban J connectivity index is 2.55. The first-order chi connectivity index (χ1) is 7.48. The Hall–Kier alpha value is -1.13. The molecule has 0 amide bonds. The second kappa shape index (κ2) is 4.03. The van der Waals surface area contributed by atoms with E-state index in [2.05, 4.69) is 4.98 Å². The quantitative estimate of drug-likeness (QED) is 0.379. The van der Waals surface area contributed by atoms with E-state index in [0.29, 0.717) is 25.3 Å². The molecule has 0 atom stereocenters. The van der Waals surface area contributed by atoms with Gasteiger partial charge < -0.3 is 0 Å². The summed E-state index contributed by atoms with van der Waals surface area (Å²) in [5, 5.41) is 0. The molecule has 0 N–H and O–H groups in total. The molecule has 0 saturated carbocycles. The number of hydrogen-bond donors (Lipinski definition) is 0. The zero-order valence-electron chi connectivity index (χ0n) is 8.57. The molecule has 88 valence electrons. The van der Waals surface area contributed by atoms with Gasteiger partial charge in [-0.1, -0.05) is 6.42 Å². The molecule has 5 heteroatoms. The standard InChI is InChI=1S/C11H11F4N/c12-10-6-8(11(13,14)15)7-4-2-1-3-5-9(7)16-10/h6H,1-5H2. The highest BCUT2D eigenvalue weighted by molar-refractivity contribution is 5.33. The molecule has 1 aromatic heterocycles. The summed E-state index contributed by atoms with van der Waals surface area (Å²) < 4.78 is 51.1. The van der Waals surface area contributed by atoms with Gasteiger partial charge in [-0.2, -0.15) is 17.6 Å². The van der Waals surface area contributed by atoms with Crippen molar-refractivity contribution in [3.05, 3.63) is 28.8 Å². The van der Waals surface area contributed by atoms with Gasteiger partial charge in [0.1, 0.15) is 0 Å². The van der Waals surface area contributed by atoms with Gasteiger partial charge in [-0.3, -0.25) is 0 Å². The molecule has 0 fully saturated rings. The topological polar surface area (TPSA) is 12.9 Å². The number of nitrogens with zero attached hydrogens (tertiary/aromatic N) is 1. The van der Waals surface area contributed by atoms with E-state index in [1.54, 1.807) is 0 Å². The van der Waals surface area contributed by atoms with Crippen molar-refractivity contribution in [2.75, 3.05) is 0 Å². The Morgan fingerprint density at radius 3 is 2.44 bits per heavy atom. The third-order valence-corrected chi connectivity index (χ3v) is 2.82. The summed E-state index contributed by atoms with van der Waals surface area (Å²) in [6, 6.07) is 0.504. The fraction of sp³-hybridized carbons (Fsp3) is 0.545. The maximum absolute atomic E-state index is 13.0. The molecule has 0 unspecified atom stereocenters. The zero-order valence-corrected chi connectivity index (χ0v) is 8.57. The molecule has 1 aliphatic rings. The summed E-state index contributed by atoms with van der Waals surface area (Å²) in [5.41, 5.74) is -0.381. The van der Waals surface area contributed by atoms with Gasteiger partial charge in [-0.25, -0.2) is 4.98 Å². The van der Waals surface area contributed by atoms with E-state index in [9.17, 15) is 17.6 Å². The summed E-state index contributed by atoms with van der Waals surface area (Å²) in [6.07, 6.45) is -1.34. The van der Waals surface area contributed by atoms with Gasteiger partial charge in [0.15, 0.2) is 0 Å². The highest BCUT2D eigenvalue weighted by atomic mass is 19.4. The molecule has 1 nitrogen and oxygen atoms in total. The average Bonchev–Trinajstić information content (AvgIpc) is 2.39. The van der Waals surface area contributed by atoms with E-state index in [0.717, 1.165) is 12.8 Å². The largest absolute Gasteiger partial charge is 0.416 e. The van der Waals surface area contributed by atoms with Crippen LogP contribution < -0.4 is 0 Å². The highest BCUT2D eigenvalue weighted by Crippen LogP contribution is 2.35. The van der Waals surface area contributed by atoms with Gasteiger partial charge in [-0.05, 0) is 31.2 Å². The Morgan fingerprint density at radius 1 is 1.06 bits per heavy atom. The molecular weight excluding hydrogens is 222 g/mol. The van der Waals surface area contributed by atoms with Crippen molar-refractivity contribution in [1.29, 1.82) is 0 Å². The van der Waals surface area contributed by atoms with Crippen LogP contribution in [0.5, 0.6) is 0 Å². The third-order valence-electron chi connectivity index (χ3n) is 2.82. The maximum atomic E-state index is 13.0. The number of hydrogen-bond acceptors (Lipinski definition) is 1. The van der Waals surface area contributed by atoms with Crippen molar-refractivity contribution in [2.45, 2.75) is 38.3 Å². The molecule has 0 aliphatic heterocycles. The van der Waals surface area contributed by atoms with E-state index in [1.165, 1.54) is 0 Å². The first kappa shape index (κ1) is 11.4. The van der Waals surface area contributed by atoms with Crippen LogP contribution in [0, 0.1) is 5.95 Å². The summed E-state index contributed by atoms with van der Waals surface area (Å²) in [6.45, 7) is 0. The molecule has 0 bridgehead atoms. The van der Waals surface area contributed by atoms with Gasteiger partial charge in [0, 0.05) is 11.8 Å². The molecule has 16 heavy (non-hydrogen) atoms. The fourth-order valence-corrected chi connectivity index (χ4v) is 2.10. The molecule has 1 heterocycles. The number of fused-ring (bicyclic) bond motifs is 1. The Morgan fingerprint density at radius 2 is 1.75 bits per heavy atom. The van der Waals surface area contributed by atoms with Crippen molar-refractivity contribution >= 4 is 0 Å². The predicted molar refractivity (Wildman–Crippen MR) is 50.5 cm³/mol. The Labute approximate surface area is 90.5 Å². The molecule has 1 aromatic rings. The van der Waals surface area contributed by atoms with Crippen molar-refractivity contribution in [3.63, 3.8) is 0 Å². The van der Waals surface area contributed by atoms with Crippen molar-refractivity contribution in [2.24, 2.45) is 0 Å². The maximum Gasteiger partial charge on any atom is 0.416 e. The molecule has 2 rings (SSSR count). The van der Waals surface area contributed by atoms with Gasteiger partial charge in [0.2, 0.25) is 5.95 Å². The Bertz CT molecular complexity index is 398. The second-order valence-corrected chi connectivity index (χ2v) is 3.98. The van der Waals surface area contributed by atoms with Crippen LogP contribution in [0.25, 0.3) is 0 Å². The minimum absolute atomic E-state index is 0.186. The van der Waals surface area contributed by atoms with Gasteiger partial charge in [0.25, 0.3) is 0 Å². The van der Waals surface area contributed by atoms with Crippen LogP contribution >= 0.6 is 0 Å². The fourth-order valence-electron chi connectivity index (χ4n) is 2.10. The van der Waals surface area contributed by atoms with Crippen LogP contribution in [-0.4, -0.2) is 4.98 Å². The summed E-state index contributed by atoms with van der Waals surface area (Å²) in [5.74, 6) is -1.03. The average molecular weight is 233 g/mol. The van der Waals surface area contributed by atoms with E-state index >= 15 is 0 Å². The minimum atomic E-state index is -4.49. The lowest BCUT2D eigenvalue weighted by molar-refractivity contribution is -0.138. The van der Waals surface area contributed by atoms with Gasteiger partial charge in [0.05, 0.1) is 5.56 Å². The number of aryl methyl sites for hydroxylation is 1. The number of alkyl halides is 3. The minimum Gasteiger partial charge on any atom is -0.225 e. The summed E-state index contributed by atoms with van der Waals surface area (Å²) in [4.78, 5) is 3.58. The molecule has 0 spiro atoms. The first-order valence-electron chi connectivity index (χ1n) is 5.24. The van der Waals surface area contributed by atoms with E-state index in [1.807, 2.05) is 0 Å². The second-order valence-electron chi connectivity index (χ2n) is 3.98. The molecule has 0 radical (unpaired) electrons. The molecular formula is C11H11F4N. The number of pyridine rings is 1. The monoisotopic (exact) mass is 233 g/mol. The predicted octanol–water partition coefficient (Wildman–Crippen LogP) is 3.51. The summed E-state index contributed by atoms with van der Waals surface area (Å²) >= 11 is 0. The van der Waals surface area contributed by atoms with Crippen molar-refractivity contribution in [1.82, 2.24) is 4.98 Å².